The van der Waals surface area contributed by atoms with Gasteiger partial charge < -0.3 is 10.5 Å². The molecule has 1 atom stereocenters. The largest absolute Gasteiger partial charge is 0.377 e. The molecule has 1 fully saturated rings. The Bertz CT molecular complexity index is 99.4. The van der Waals surface area contributed by atoms with Gasteiger partial charge in [-0.3, -0.25) is 0 Å². The fourth-order valence-corrected chi connectivity index (χ4v) is 0.964. The van der Waals surface area contributed by atoms with Gasteiger partial charge in [-0.25, -0.2) is 0 Å². The van der Waals surface area contributed by atoms with Gasteiger partial charge in [0.15, 0.2) is 0 Å². The summed E-state index contributed by atoms with van der Waals surface area (Å²) in [5.74, 6) is 0.763. The highest BCUT2D eigenvalue weighted by molar-refractivity contribution is 4.83. The fourth-order valence-electron chi connectivity index (χ4n) is 0.964. The molecule has 1 aliphatic carbocycles. The first-order valence-corrected chi connectivity index (χ1v) is 4.07. The zero-order chi connectivity index (χ0) is 7.56. The highest BCUT2D eigenvalue weighted by Gasteiger charge is 2.28. The van der Waals surface area contributed by atoms with E-state index < -0.39 is 0 Å². The van der Waals surface area contributed by atoms with Crippen molar-refractivity contribution in [1.82, 2.24) is 0 Å². The van der Waals surface area contributed by atoms with Crippen molar-refractivity contribution in [2.75, 3.05) is 6.61 Å². The van der Waals surface area contributed by atoms with E-state index in [1.165, 1.54) is 12.8 Å². The van der Waals surface area contributed by atoms with Gasteiger partial charge in [0.25, 0.3) is 0 Å². The first kappa shape index (κ1) is 8.02. The van der Waals surface area contributed by atoms with E-state index in [4.69, 9.17) is 10.5 Å². The van der Waals surface area contributed by atoms with E-state index in [0.29, 0.717) is 12.1 Å². The van der Waals surface area contributed by atoms with Crippen molar-refractivity contribution in [3.63, 3.8) is 0 Å². The van der Waals surface area contributed by atoms with E-state index in [0.717, 1.165) is 12.5 Å². The Labute approximate surface area is 62.7 Å². The van der Waals surface area contributed by atoms with Crippen LogP contribution in [-0.4, -0.2) is 18.8 Å². The Hall–Kier alpha value is -0.0800. The summed E-state index contributed by atoms with van der Waals surface area (Å²) in [4.78, 5) is 0. The van der Waals surface area contributed by atoms with Crippen LogP contribution in [-0.2, 0) is 4.74 Å². The van der Waals surface area contributed by atoms with Crippen molar-refractivity contribution in [2.45, 2.75) is 38.8 Å². The van der Waals surface area contributed by atoms with Gasteiger partial charge in [-0.05, 0) is 32.6 Å². The molecule has 60 valence electrons. The highest BCUT2D eigenvalue weighted by atomic mass is 16.5. The average Bonchev–Trinajstić information content (AvgIpc) is 2.63. The maximum Gasteiger partial charge on any atom is 0.0623 e. The van der Waals surface area contributed by atoms with Crippen molar-refractivity contribution in [2.24, 2.45) is 11.7 Å². The first-order chi connectivity index (χ1) is 4.70. The molecule has 0 bridgehead atoms. The summed E-state index contributed by atoms with van der Waals surface area (Å²) in [6.45, 7) is 4.82. The smallest absolute Gasteiger partial charge is 0.0623 e. The molecule has 0 aromatic carbocycles. The maximum atomic E-state index is 5.80. The van der Waals surface area contributed by atoms with Crippen LogP contribution in [0.15, 0.2) is 0 Å². The second-order valence-electron chi connectivity index (χ2n) is 3.38. The molecule has 2 N–H and O–H groups in total. The molecule has 1 aliphatic rings. The van der Waals surface area contributed by atoms with Gasteiger partial charge in [0.05, 0.1) is 12.7 Å². The summed E-state index contributed by atoms with van der Waals surface area (Å²) < 4.78 is 5.38. The van der Waals surface area contributed by atoms with E-state index in [1.54, 1.807) is 0 Å². The molecule has 2 nitrogen and oxygen atoms in total. The Morgan fingerprint density at radius 1 is 1.50 bits per heavy atom. The topological polar surface area (TPSA) is 35.2 Å². The van der Waals surface area contributed by atoms with Gasteiger partial charge in [0, 0.05) is 6.04 Å². The predicted octanol–water partition coefficient (Wildman–Crippen LogP) is 1.15. The lowest BCUT2D eigenvalue weighted by Gasteiger charge is -2.12. The lowest BCUT2D eigenvalue weighted by molar-refractivity contribution is 0.0647. The third kappa shape index (κ3) is 2.67. The molecule has 0 spiro atoms. The molecule has 0 radical (unpaired) electrons. The normalized spacial score (nSPS) is 21.6. The molecule has 0 aromatic rings. The molecular weight excluding hydrogens is 126 g/mol. The second-order valence-corrected chi connectivity index (χ2v) is 3.38. The fraction of sp³-hybridized carbons (Fsp3) is 1.00. The van der Waals surface area contributed by atoms with Crippen LogP contribution in [0.2, 0.25) is 0 Å². The quantitative estimate of drug-likeness (QED) is 0.640. The highest BCUT2D eigenvalue weighted by Crippen LogP contribution is 2.31. The lowest BCUT2D eigenvalue weighted by Crippen LogP contribution is -2.29. The zero-order valence-corrected chi connectivity index (χ0v) is 6.84. The summed E-state index contributed by atoms with van der Waals surface area (Å²) in [5, 5.41) is 0. The van der Waals surface area contributed by atoms with Crippen molar-refractivity contribution in [1.29, 1.82) is 0 Å². The molecule has 0 saturated heterocycles. The van der Waals surface area contributed by atoms with E-state index in [-0.39, 0.29) is 0 Å². The first-order valence-electron chi connectivity index (χ1n) is 4.07. The average molecular weight is 143 g/mol. The molecule has 1 saturated carbocycles. The van der Waals surface area contributed by atoms with Gasteiger partial charge in [-0.2, -0.15) is 0 Å². The van der Waals surface area contributed by atoms with Gasteiger partial charge in [0.1, 0.15) is 0 Å². The Kier molecular flexibility index (Phi) is 2.69. The van der Waals surface area contributed by atoms with Crippen molar-refractivity contribution < 1.29 is 4.74 Å². The van der Waals surface area contributed by atoms with Crippen molar-refractivity contribution in [3.8, 4) is 0 Å². The minimum Gasteiger partial charge on any atom is -0.377 e. The number of hydrogen-bond acceptors (Lipinski definition) is 2. The Balaban J connectivity index is 2.00. The van der Waals surface area contributed by atoms with Crippen molar-refractivity contribution >= 4 is 0 Å². The summed E-state index contributed by atoms with van der Waals surface area (Å²) >= 11 is 0. The minimum absolute atomic E-state index is 0.294. The number of hydrogen-bond donors (Lipinski definition) is 1. The molecule has 0 aromatic heterocycles. The molecule has 1 rings (SSSR count). The predicted molar refractivity (Wildman–Crippen MR) is 41.8 cm³/mol. The summed E-state index contributed by atoms with van der Waals surface area (Å²) in [7, 11) is 0. The van der Waals surface area contributed by atoms with E-state index in [9.17, 15) is 0 Å². The third-order valence-corrected chi connectivity index (χ3v) is 1.85. The molecule has 0 aliphatic heterocycles. The monoisotopic (exact) mass is 143 g/mol. The molecule has 2 heteroatoms. The number of rotatable bonds is 4. The van der Waals surface area contributed by atoms with E-state index >= 15 is 0 Å². The van der Waals surface area contributed by atoms with Crippen LogP contribution < -0.4 is 5.73 Å². The number of nitrogens with two attached hydrogens (primary N) is 1. The Morgan fingerprint density at radius 3 is 2.50 bits per heavy atom. The lowest BCUT2D eigenvalue weighted by atomic mass is 10.2. The van der Waals surface area contributed by atoms with Crippen LogP contribution in [0, 0.1) is 5.92 Å². The molecule has 0 heterocycles. The van der Waals surface area contributed by atoms with Crippen LogP contribution >= 0.6 is 0 Å². The molecular formula is C8H17NO. The van der Waals surface area contributed by atoms with E-state index in [1.807, 2.05) is 13.8 Å². The van der Waals surface area contributed by atoms with Crippen LogP contribution in [0.1, 0.15) is 26.7 Å². The molecule has 0 amide bonds. The molecule has 10 heavy (non-hydrogen) atoms. The number of ether oxygens (including phenoxy) is 1. The van der Waals surface area contributed by atoms with Gasteiger partial charge in [-0.1, -0.05) is 0 Å². The summed E-state index contributed by atoms with van der Waals surface area (Å²) in [5.41, 5.74) is 5.80. The van der Waals surface area contributed by atoms with Gasteiger partial charge >= 0.3 is 0 Å². The summed E-state index contributed by atoms with van der Waals surface area (Å²) in [6, 6.07) is 0.294. The second kappa shape index (κ2) is 3.35. The van der Waals surface area contributed by atoms with Crippen molar-refractivity contribution in [3.05, 3.63) is 0 Å². The molecule has 1 unspecified atom stereocenters. The summed E-state index contributed by atoms with van der Waals surface area (Å²) in [6.07, 6.45) is 2.94. The third-order valence-electron chi connectivity index (χ3n) is 1.85. The van der Waals surface area contributed by atoms with Crippen LogP contribution in [0.4, 0.5) is 0 Å². The zero-order valence-electron chi connectivity index (χ0n) is 6.84. The van der Waals surface area contributed by atoms with Crippen LogP contribution in [0.3, 0.4) is 0 Å². The van der Waals surface area contributed by atoms with E-state index in [2.05, 4.69) is 0 Å². The van der Waals surface area contributed by atoms with Crippen LogP contribution in [0.25, 0.3) is 0 Å². The Morgan fingerprint density at radius 2 is 2.10 bits per heavy atom. The SMILES string of the molecule is CC(C)OCC(N)C1CC1. The standard InChI is InChI=1S/C8H17NO/c1-6(2)10-5-8(9)7-3-4-7/h6-8H,3-5,9H2,1-2H3. The van der Waals surface area contributed by atoms with Gasteiger partial charge in [-0.15, -0.1) is 0 Å². The van der Waals surface area contributed by atoms with Gasteiger partial charge in [0.2, 0.25) is 0 Å². The maximum absolute atomic E-state index is 5.80. The van der Waals surface area contributed by atoms with Crippen LogP contribution in [0.5, 0.6) is 0 Å². The minimum atomic E-state index is 0.294.